The van der Waals surface area contributed by atoms with Crippen LogP contribution in [0.2, 0.25) is 0 Å². The van der Waals surface area contributed by atoms with Gasteiger partial charge in [-0.3, -0.25) is 14.3 Å². The summed E-state index contributed by atoms with van der Waals surface area (Å²) in [4.78, 5) is 25.4. The highest BCUT2D eigenvalue weighted by molar-refractivity contribution is 5.07. The SMILES string of the molecule is Cc1cn([C@@H]2O[C@@]3(CO)COC[C@H]3[C@H]2O)c(=O)[nH]c1=O. The van der Waals surface area contributed by atoms with E-state index in [-0.39, 0.29) is 19.8 Å². The molecular weight excluding hydrogens is 268 g/mol. The summed E-state index contributed by atoms with van der Waals surface area (Å²) in [5.74, 6) is -0.406. The molecule has 8 nitrogen and oxygen atoms in total. The Hall–Kier alpha value is -1.48. The van der Waals surface area contributed by atoms with Gasteiger partial charge >= 0.3 is 5.69 Å². The third kappa shape index (κ3) is 1.76. The van der Waals surface area contributed by atoms with Gasteiger partial charge in [0.2, 0.25) is 0 Å². The largest absolute Gasteiger partial charge is 0.393 e. The summed E-state index contributed by atoms with van der Waals surface area (Å²) >= 11 is 0. The van der Waals surface area contributed by atoms with Crippen molar-refractivity contribution in [2.24, 2.45) is 5.92 Å². The van der Waals surface area contributed by atoms with Gasteiger partial charge < -0.3 is 19.7 Å². The fraction of sp³-hybridized carbons (Fsp3) is 0.667. The van der Waals surface area contributed by atoms with Crippen molar-refractivity contribution in [2.45, 2.75) is 24.9 Å². The van der Waals surface area contributed by atoms with Crippen LogP contribution in [0.3, 0.4) is 0 Å². The summed E-state index contributed by atoms with van der Waals surface area (Å²) in [6, 6.07) is 0. The molecule has 4 atom stereocenters. The number of fused-ring (bicyclic) bond motifs is 1. The number of aliphatic hydroxyl groups is 2. The van der Waals surface area contributed by atoms with Crippen LogP contribution in [0.25, 0.3) is 0 Å². The topological polar surface area (TPSA) is 114 Å². The second kappa shape index (κ2) is 4.52. The lowest BCUT2D eigenvalue weighted by molar-refractivity contribution is -0.123. The summed E-state index contributed by atoms with van der Waals surface area (Å²) in [7, 11) is 0. The van der Waals surface area contributed by atoms with Crippen LogP contribution in [-0.4, -0.2) is 51.3 Å². The molecule has 0 radical (unpaired) electrons. The van der Waals surface area contributed by atoms with Gasteiger partial charge in [-0.1, -0.05) is 0 Å². The second-order valence-corrected chi connectivity index (χ2v) is 5.32. The van der Waals surface area contributed by atoms with Gasteiger partial charge in [0.15, 0.2) is 6.23 Å². The van der Waals surface area contributed by atoms with Crippen molar-refractivity contribution in [1.29, 1.82) is 0 Å². The van der Waals surface area contributed by atoms with Gasteiger partial charge in [0, 0.05) is 17.7 Å². The molecule has 0 unspecified atom stereocenters. The maximum absolute atomic E-state index is 11.9. The number of aryl methyl sites for hydroxylation is 1. The first kappa shape index (κ1) is 13.5. The predicted octanol–water partition coefficient (Wildman–Crippen LogP) is -1.89. The Morgan fingerprint density at radius 2 is 2.30 bits per heavy atom. The molecule has 1 aromatic rings. The van der Waals surface area contributed by atoms with E-state index in [1.54, 1.807) is 6.92 Å². The number of ether oxygens (including phenoxy) is 2. The smallest absolute Gasteiger partial charge is 0.330 e. The van der Waals surface area contributed by atoms with Gasteiger partial charge in [0.25, 0.3) is 5.56 Å². The highest BCUT2D eigenvalue weighted by Gasteiger charge is 2.58. The minimum atomic E-state index is -0.993. The van der Waals surface area contributed by atoms with E-state index >= 15 is 0 Å². The van der Waals surface area contributed by atoms with Gasteiger partial charge in [-0.2, -0.15) is 0 Å². The molecule has 2 aliphatic heterocycles. The number of aliphatic hydroxyl groups excluding tert-OH is 2. The first-order chi connectivity index (χ1) is 9.48. The molecule has 2 fully saturated rings. The molecule has 1 aromatic heterocycles. The van der Waals surface area contributed by atoms with Crippen LogP contribution in [0.15, 0.2) is 15.8 Å². The van der Waals surface area contributed by atoms with E-state index in [9.17, 15) is 19.8 Å². The van der Waals surface area contributed by atoms with Crippen molar-refractivity contribution in [1.82, 2.24) is 9.55 Å². The molecule has 3 heterocycles. The number of H-pyrrole nitrogens is 1. The molecule has 20 heavy (non-hydrogen) atoms. The third-order valence-corrected chi connectivity index (χ3v) is 4.07. The number of aromatic nitrogens is 2. The van der Waals surface area contributed by atoms with E-state index in [0.717, 1.165) is 4.57 Å². The number of rotatable bonds is 2. The fourth-order valence-electron chi connectivity index (χ4n) is 2.85. The Morgan fingerprint density at radius 3 is 2.95 bits per heavy atom. The van der Waals surface area contributed by atoms with E-state index in [1.807, 2.05) is 0 Å². The molecule has 0 bridgehead atoms. The monoisotopic (exact) mass is 284 g/mol. The van der Waals surface area contributed by atoms with Crippen LogP contribution in [0.5, 0.6) is 0 Å². The number of hydrogen-bond donors (Lipinski definition) is 3. The molecule has 0 aromatic carbocycles. The third-order valence-electron chi connectivity index (χ3n) is 4.07. The van der Waals surface area contributed by atoms with Gasteiger partial charge in [-0.15, -0.1) is 0 Å². The average Bonchev–Trinajstić information content (AvgIpc) is 2.94. The zero-order chi connectivity index (χ0) is 14.5. The molecule has 0 saturated carbocycles. The van der Waals surface area contributed by atoms with Gasteiger partial charge in [0.1, 0.15) is 11.7 Å². The van der Waals surface area contributed by atoms with Crippen molar-refractivity contribution in [3.05, 3.63) is 32.6 Å². The summed E-state index contributed by atoms with van der Waals surface area (Å²) in [5.41, 5.74) is -1.78. The maximum Gasteiger partial charge on any atom is 0.330 e. The van der Waals surface area contributed by atoms with E-state index in [1.165, 1.54) is 6.20 Å². The lowest BCUT2D eigenvalue weighted by Gasteiger charge is -2.24. The predicted molar refractivity (Wildman–Crippen MR) is 66.3 cm³/mol. The zero-order valence-corrected chi connectivity index (χ0v) is 10.9. The molecule has 0 spiro atoms. The van der Waals surface area contributed by atoms with Crippen molar-refractivity contribution in [2.75, 3.05) is 19.8 Å². The Balaban J connectivity index is 2.03. The van der Waals surface area contributed by atoms with E-state index in [2.05, 4.69) is 4.98 Å². The molecule has 8 heteroatoms. The van der Waals surface area contributed by atoms with Crippen LogP contribution in [-0.2, 0) is 9.47 Å². The van der Waals surface area contributed by atoms with Crippen molar-refractivity contribution in [3.63, 3.8) is 0 Å². The molecule has 110 valence electrons. The van der Waals surface area contributed by atoms with Crippen molar-refractivity contribution < 1.29 is 19.7 Å². The summed E-state index contributed by atoms with van der Waals surface area (Å²) in [6.45, 7) is 1.68. The number of nitrogens with one attached hydrogen (secondary N) is 1. The molecule has 2 saturated heterocycles. The maximum atomic E-state index is 11.9. The molecule has 0 aliphatic carbocycles. The van der Waals surface area contributed by atoms with E-state index in [0.29, 0.717) is 5.56 Å². The Morgan fingerprint density at radius 1 is 1.55 bits per heavy atom. The lowest BCUT2D eigenvalue weighted by atomic mass is 9.89. The first-order valence-corrected chi connectivity index (χ1v) is 6.35. The van der Waals surface area contributed by atoms with E-state index in [4.69, 9.17) is 9.47 Å². The van der Waals surface area contributed by atoms with Crippen LogP contribution in [0.4, 0.5) is 0 Å². The zero-order valence-electron chi connectivity index (χ0n) is 10.9. The molecule has 2 aliphatic rings. The molecular formula is C12H16N2O6. The fourth-order valence-corrected chi connectivity index (χ4v) is 2.85. The lowest BCUT2D eigenvalue weighted by Crippen LogP contribution is -2.41. The second-order valence-electron chi connectivity index (χ2n) is 5.32. The van der Waals surface area contributed by atoms with Crippen LogP contribution >= 0.6 is 0 Å². The van der Waals surface area contributed by atoms with Gasteiger partial charge in [-0.05, 0) is 6.92 Å². The Labute approximate surface area is 113 Å². The minimum Gasteiger partial charge on any atom is -0.393 e. The average molecular weight is 284 g/mol. The Bertz CT molecular complexity index is 638. The minimum absolute atomic E-state index is 0.165. The van der Waals surface area contributed by atoms with Crippen LogP contribution < -0.4 is 11.2 Å². The standard InChI is InChI=1S/C12H16N2O6/c1-6-2-14(11(18)13-9(6)17)10-8(16)7-3-19-5-12(7,4-15)20-10/h2,7-8,10,15-16H,3-5H2,1H3,(H,13,17,18)/t7-,8+,10+,12-/m0/s1. The van der Waals surface area contributed by atoms with Gasteiger partial charge in [0.05, 0.1) is 19.8 Å². The molecule has 0 amide bonds. The Kier molecular flexibility index (Phi) is 3.05. The number of nitrogens with zero attached hydrogens (tertiary/aromatic N) is 1. The van der Waals surface area contributed by atoms with Crippen LogP contribution in [0, 0.1) is 12.8 Å². The summed E-state index contributed by atoms with van der Waals surface area (Å²) in [6.07, 6.45) is -0.589. The molecule has 3 rings (SSSR count). The first-order valence-electron chi connectivity index (χ1n) is 6.35. The molecule has 3 N–H and O–H groups in total. The number of aromatic amines is 1. The summed E-state index contributed by atoms with van der Waals surface area (Å²) < 4.78 is 12.1. The quantitative estimate of drug-likeness (QED) is 0.585. The van der Waals surface area contributed by atoms with Gasteiger partial charge in [-0.25, -0.2) is 4.79 Å². The van der Waals surface area contributed by atoms with E-state index < -0.39 is 35.1 Å². The van der Waals surface area contributed by atoms with Crippen LogP contribution in [0.1, 0.15) is 11.8 Å². The highest BCUT2D eigenvalue weighted by Crippen LogP contribution is 2.44. The van der Waals surface area contributed by atoms with Crippen molar-refractivity contribution in [3.8, 4) is 0 Å². The summed E-state index contributed by atoms with van der Waals surface area (Å²) in [5, 5.41) is 19.8. The normalized spacial score (nSPS) is 36.2. The number of hydrogen-bond acceptors (Lipinski definition) is 6. The highest BCUT2D eigenvalue weighted by atomic mass is 16.6. The van der Waals surface area contributed by atoms with Crippen molar-refractivity contribution >= 4 is 0 Å².